The fourth-order valence-electron chi connectivity index (χ4n) is 3.46. The minimum atomic E-state index is -1.18. The molecule has 170 valence electrons. The maximum atomic E-state index is 14.8. The van der Waals surface area contributed by atoms with Crippen molar-refractivity contribution in [2.45, 2.75) is 6.54 Å². The van der Waals surface area contributed by atoms with Crippen molar-refractivity contribution in [2.24, 2.45) is 0 Å². The lowest BCUT2D eigenvalue weighted by Crippen LogP contribution is -2.06. The minimum absolute atomic E-state index is 0.0552. The first kappa shape index (κ1) is 21.1. The summed E-state index contributed by atoms with van der Waals surface area (Å²) in [4.78, 5) is 19.2. The van der Waals surface area contributed by atoms with Gasteiger partial charge in [0.1, 0.15) is 28.5 Å². The number of carbonyl (C=O) groups is 1. The highest BCUT2D eigenvalue weighted by Crippen LogP contribution is 2.27. The molecule has 0 saturated heterocycles. The second kappa shape index (κ2) is 7.99. The van der Waals surface area contributed by atoms with Crippen molar-refractivity contribution >= 4 is 17.0 Å². The summed E-state index contributed by atoms with van der Waals surface area (Å²) in [5, 5.41) is 27.5. The standard InChI is InChI=1S/C22H13F3N6O3/c23-14-3-4-15(17(25)6-14)11-1-2-12(16(24)5-11)9-30-19-18(8-27-30)28-22(29-20(19)32)31-10-13(7-26-31)21(33)34/h1-8,10H,9H2,(H,33,34)(H,28,29,32). The van der Waals surface area contributed by atoms with E-state index in [1.165, 1.54) is 35.3 Å². The van der Waals surface area contributed by atoms with Crippen molar-refractivity contribution in [3.05, 3.63) is 83.6 Å². The number of hydrogen-bond acceptors (Lipinski definition) is 6. The number of hydrogen-bond donors (Lipinski definition) is 2. The van der Waals surface area contributed by atoms with Gasteiger partial charge in [0.2, 0.25) is 5.88 Å². The van der Waals surface area contributed by atoms with Gasteiger partial charge in [-0.1, -0.05) is 12.1 Å². The van der Waals surface area contributed by atoms with E-state index in [0.29, 0.717) is 0 Å². The van der Waals surface area contributed by atoms with Gasteiger partial charge < -0.3 is 10.2 Å². The Balaban J connectivity index is 1.46. The molecule has 5 aromatic rings. The van der Waals surface area contributed by atoms with E-state index in [1.54, 1.807) is 0 Å². The lowest BCUT2D eigenvalue weighted by atomic mass is 10.0. The molecule has 2 N–H and O–H groups in total. The number of rotatable bonds is 5. The summed E-state index contributed by atoms with van der Waals surface area (Å²) < 4.78 is 44.4. The number of aromatic carboxylic acids is 1. The second-order valence-electron chi connectivity index (χ2n) is 7.29. The van der Waals surface area contributed by atoms with Gasteiger partial charge in [-0.25, -0.2) is 27.6 Å². The molecule has 9 nitrogen and oxygen atoms in total. The van der Waals surface area contributed by atoms with Crippen LogP contribution in [0.4, 0.5) is 13.2 Å². The molecule has 0 aliphatic heterocycles. The number of benzene rings is 2. The minimum Gasteiger partial charge on any atom is -0.492 e. The molecule has 0 atom stereocenters. The average molecular weight is 466 g/mol. The van der Waals surface area contributed by atoms with Gasteiger partial charge in [-0.2, -0.15) is 15.2 Å². The summed E-state index contributed by atoms with van der Waals surface area (Å²) in [6.45, 7) is -0.0945. The molecule has 0 fully saturated rings. The van der Waals surface area contributed by atoms with E-state index in [-0.39, 0.29) is 45.8 Å². The normalized spacial score (nSPS) is 11.3. The Kier molecular flexibility index (Phi) is 4.97. The molecule has 0 unspecified atom stereocenters. The number of nitrogens with zero attached hydrogens (tertiary/aromatic N) is 6. The van der Waals surface area contributed by atoms with Crippen molar-refractivity contribution in [3.63, 3.8) is 0 Å². The molecule has 5 rings (SSSR count). The third kappa shape index (κ3) is 3.70. The van der Waals surface area contributed by atoms with Crippen LogP contribution in [0.15, 0.2) is 55.0 Å². The van der Waals surface area contributed by atoms with Crippen molar-refractivity contribution in [1.82, 2.24) is 29.5 Å². The lowest BCUT2D eigenvalue weighted by molar-refractivity contribution is 0.0697. The Morgan fingerprint density at radius 1 is 0.971 bits per heavy atom. The van der Waals surface area contributed by atoms with E-state index < -0.39 is 29.3 Å². The van der Waals surface area contributed by atoms with Gasteiger partial charge in [0.15, 0.2) is 0 Å². The van der Waals surface area contributed by atoms with Crippen molar-refractivity contribution in [1.29, 1.82) is 0 Å². The first-order chi connectivity index (χ1) is 16.3. The van der Waals surface area contributed by atoms with E-state index in [1.807, 2.05) is 0 Å². The third-order valence-corrected chi connectivity index (χ3v) is 5.11. The quantitative estimate of drug-likeness (QED) is 0.407. The van der Waals surface area contributed by atoms with E-state index in [2.05, 4.69) is 20.2 Å². The van der Waals surface area contributed by atoms with Crippen LogP contribution in [0.5, 0.6) is 5.88 Å². The molecule has 3 heterocycles. The van der Waals surface area contributed by atoms with Crippen molar-refractivity contribution in [2.75, 3.05) is 0 Å². The summed E-state index contributed by atoms with van der Waals surface area (Å²) in [6, 6.07) is 7.09. The Morgan fingerprint density at radius 3 is 2.50 bits per heavy atom. The van der Waals surface area contributed by atoms with Crippen LogP contribution in [-0.4, -0.2) is 45.7 Å². The zero-order valence-electron chi connectivity index (χ0n) is 17.0. The van der Waals surface area contributed by atoms with Gasteiger partial charge >= 0.3 is 5.97 Å². The summed E-state index contributed by atoms with van der Waals surface area (Å²) in [7, 11) is 0. The van der Waals surface area contributed by atoms with Crippen molar-refractivity contribution in [3.8, 4) is 23.0 Å². The Hall–Kier alpha value is -4.74. The topological polar surface area (TPSA) is 119 Å². The summed E-state index contributed by atoms with van der Waals surface area (Å²) in [6.07, 6.45) is 3.64. The zero-order valence-corrected chi connectivity index (χ0v) is 17.0. The zero-order chi connectivity index (χ0) is 24.0. The second-order valence-corrected chi connectivity index (χ2v) is 7.29. The van der Waals surface area contributed by atoms with Crippen LogP contribution < -0.4 is 0 Å². The molecule has 0 spiro atoms. The summed E-state index contributed by atoms with van der Waals surface area (Å²) in [5.74, 6) is -3.91. The van der Waals surface area contributed by atoms with Gasteiger partial charge in [0, 0.05) is 23.4 Å². The molecule has 0 bridgehead atoms. The number of carboxylic acids is 1. The molecule has 0 amide bonds. The molecule has 0 saturated carbocycles. The van der Waals surface area contributed by atoms with Crippen molar-refractivity contribution < 1.29 is 28.2 Å². The Bertz CT molecular complexity index is 1580. The Labute approximate surface area is 188 Å². The number of halogens is 3. The number of fused-ring (bicyclic) bond motifs is 1. The van der Waals surface area contributed by atoms with Gasteiger partial charge in [-0.05, 0) is 23.8 Å². The van der Waals surface area contributed by atoms with Gasteiger partial charge in [-0.15, -0.1) is 0 Å². The van der Waals surface area contributed by atoms with E-state index in [4.69, 9.17) is 5.11 Å². The van der Waals surface area contributed by atoms with E-state index in [0.717, 1.165) is 29.1 Å². The summed E-state index contributed by atoms with van der Waals surface area (Å²) >= 11 is 0. The highest BCUT2D eigenvalue weighted by Gasteiger charge is 2.17. The maximum absolute atomic E-state index is 14.8. The van der Waals surface area contributed by atoms with Gasteiger partial charge in [-0.3, -0.25) is 4.68 Å². The molecular formula is C22H13F3N6O3. The Morgan fingerprint density at radius 2 is 1.79 bits per heavy atom. The van der Waals surface area contributed by atoms with Gasteiger partial charge in [0.25, 0.3) is 5.95 Å². The number of aromatic nitrogens is 6. The van der Waals surface area contributed by atoms with Crippen LogP contribution in [0.3, 0.4) is 0 Å². The van der Waals surface area contributed by atoms with Crippen LogP contribution >= 0.6 is 0 Å². The highest BCUT2D eigenvalue weighted by atomic mass is 19.1. The lowest BCUT2D eigenvalue weighted by Gasteiger charge is -2.09. The van der Waals surface area contributed by atoms with Crippen LogP contribution in [-0.2, 0) is 6.54 Å². The molecular weight excluding hydrogens is 453 g/mol. The maximum Gasteiger partial charge on any atom is 0.338 e. The molecule has 0 aliphatic rings. The average Bonchev–Trinajstić information content (AvgIpc) is 3.43. The van der Waals surface area contributed by atoms with Crippen LogP contribution in [0.1, 0.15) is 15.9 Å². The molecule has 0 radical (unpaired) electrons. The smallest absolute Gasteiger partial charge is 0.338 e. The predicted octanol–water partition coefficient (Wildman–Crippen LogP) is 3.55. The SMILES string of the molecule is O=C(O)c1cnn(-c2nc(O)c3c(cnn3Cc3ccc(-c4ccc(F)cc4F)cc3F)n2)c1. The third-order valence-electron chi connectivity index (χ3n) is 5.11. The first-order valence-corrected chi connectivity index (χ1v) is 9.75. The fraction of sp³-hybridized carbons (Fsp3) is 0.0455. The monoisotopic (exact) mass is 466 g/mol. The molecule has 2 aromatic carbocycles. The molecule has 12 heteroatoms. The molecule has 0 aliphatic carbocycles. The van der Waals surface area contributed by atoms with E-state index >= 15 is 0 Å². The number of aromatic hydroxyl groups is 1. The summed E-state index contributed by atoms with van der Waals surface area (Å²) in [5.41, 5.74) is 0.749. The van der Waals surface area contributed by atoms with Gasteiger partial charge in [0.05, 0.1) is 24.5 Å². The largest absolute Gasteiger partial charge is 0.492 e. The molecule has 34 heavy (non-hydrogen) atoms. The van der Waals surface area contributed by atoms with Crippen LogP contribution in [0.25, 0.3) is 28.1 Å². The number of carboxylic acid groups (broad SMARTS) is 1. The fourth-order valence-corrected chi connectivity index (χ4v) is 3.46. The first-order valence-electron chi connectivity index (χ1n) is 9.75. The van der Waals surface area contributed by atoms with Crippen LogP contribution in [0, 0.1) is 17.5 Å². The van der Waals surface area contributed by atoms with Crippen LogP contribution in [0.2, 0.25) is 0 Å². The predicted molar refractivity (Wildman–Crippen MR) is 112 cm³/mol. The highest BCUT2D eigenvalue weighted by molar-refractivity contribution is 5.87. The van der Waals surface area contributed by atoms with E-state index in [9.17, 15) is 23.1 Å². The molecule has 3 aromatic heterocycles.